The summed E-state index contributed by atoms with van der Waals surface area (Å²) >= 11 is 3.38. The number of nitrogens with zero attached hydrogens (tertiary/aromatic N) is 1. The van der Waals surface area contributed by atoms with Gasteiger partial charge < -0.3 is 10.4 Å². The molecule has 0 radical (unpaired) electrons. The predicted molar refractivity (Wildman–Crippen MR) is 67.7 cm³/mol. The normalized spacial score (nSPS) is 18.4. The van der Waals surface area contributed by atoms with E-state index in [9.17, 15) is 4.79 Å². The van der Waals surface area contributed by atoms with Gasteiger partial charge in [-0.3, -0.25) is 4.79 Å². The van der Waals surface area contributed by atoms with Crippen molar-refractivity contribution in [2.75, 3.05) is 23.9 Å². The summed E-state index contributed by atoms with van der Waals surface area (Å²) in [4.78, 5) is 16.5. The molecule has 4 nitrogen and oxygen atoms in total. The highest BCUT2D eigenvalue weighted by Crippen LogP contribution is 2.38. The van der Waals surface area contributed by atoms with Crippen molar-refractivity contribution in [2.45, 2.75) is 18.8 Å². The van der Waals surface area contributed by atoms with Gasteiger partial charge in [-0.05, 0) is 19.1 Å². The minimum absolute atomic E-state index is 0.387. The lowest BCUT2D eigenvalue weighted by Gasteiger charge is -2.02. The summed E-state index contributed by atoms with van der Waals surface area (Å²) in [6, 6.07) is 0. The Morgan fingerprint density at radius 2 is 2.56 bits per heavy atom. The highest BCUT2D eigenvalue weighted by Gasteiger charge is 2.32. The standard InChI is InChI=1S/C10H14N2O2S2/c1-15-5-4-11-10-12-8-6(9(13)14)2-3-7(8)16-10/h6H,2-5H2,1H3,(H,11,12)(H,13,14). The van der Waals surface area contributed by atoms with Gasteiger partial charge >= 0.3 is 5.97 Å². The number of aromatic nitrogens is 1. The first-order chi connectivity index (χ1) is 7.72. The van der Waals surface area contributed by atoms with E-state index in [1.807, 2.05) is 0 Å². The van der Waals surface area contributed by atoms with E-state index < -0.39 is 5.97 Å². The van der Waals surface area contributed by atoms with Crippen LogP contribution >= 0.6 is 23.1 Å². The summed E-state index contributed by atoms with van der Waals surface area (Å²) in [5.74, 6) is -0.103. The van der Waals surface area contributed by atoms with E-state index in [1.165, 1.54) is 0 Å². The second kappa shape index (κ2) is 5.05. The van der Waals surface area contributed by atoms with Crippen LogP contribution in [0, 0.1) is 0 Å². The zero-order valence-electron chi connectivity index (χ0n) is 9.02. The predicted octanol–water partition coefficient (Wildman–Crippen LogP) is 2.03. The first-order valence-electron chi connectivity index (χ1n) is 5.17. The Balaban J connectivity index is 2.04. The number of anilines is 1. The largest absolute Gasteiger partial charge is 0.481 e. The molecule has 0 amide bonds. The van der Waals surface area contributed by atoms with E-state index in [4.69, 9.17) is 5.11 Å². The van der Waals surface area contributed by atoms with Gasteiger partial charge in [0.1, 0.15) is 5.92 Å². The topological polar surface area (TPSA) is 62.2 Å². The second-order valence-corrected chi connectivity index (χ2v) is 5.75. The second-order valence-electron chi connectivity index (χ2n) is 3.68. The van der Waals surface area contributed by atoms with Crippen LogP contribution in [-0.4, -0.2) is 34.6 Å². The van der Waals surface area contributed by atoms with Crippen molar-refractivity contribution < 1.29 is 9.90 Å². The SMILES string of the molecule is CSCCNc1nc2c(s1)CCC2C(=O)O. The van der Waals surface area contributed by atoms with Gasteiger partial charge in [-0.1, -0.05) is 0 Å². The van der Waals surface area contributed by atoms with Crippen LogP contribution in [-0.2, 0) is 11.2 Å². The minimum atomic E-state index is -0.750. The first-order valence-corrected chi connectivity index (χ1v) is 7.38. The third-order valence-electron chi connectivity index (χ3n) is 2.60. The van der Waals surface area contributed by atoms with Gasteiger partial charge in [-0.25, -0.2) is 4.98 Å². The molecule has 0 aromatic carbocycles. The molecule has 0 spiro atoms. The van der Waals surface area contributed by atoms with Gasteiger partial charge in [-0.15, -0.1) is 11.3 Å². The molecular formula is C10H14N2O2S2. The van der Waals surface area contributed by atoms with Gasteiger partial charge in [0.15, 0.2) is 5.13 Å². The van der Waals surface area contributed by atoms with Crippen LogP contribution in [0.2, 0.25) is 0 Å². The molecule has 1 aliphatic carbocycles. The number of carboxylic acids is 1. The molecule has 16 heavy (non-hydrogen) atoms. The summed E-state index contributed by atoms with van der Waals surface area (Å²) in [6.45, 7) is 0.880. The number of hydrogen-bond donors (Lipinski definition) is 2. The fourth-order valence-electron chi connectivity index (χ4n) is 1.80. The lowest BCUT2D eigenvalue weighted by atomic mass is 10.1. The lowest BCUT2D eigenvalue weighted by Crippen LogP contribution is -2.09. The van der Waals surface area contributed by atoms with E-state index in [2.05, 4.69) is 16.6 Å². The summed E-state index contributed by atoms with van der Waals surface area (Å²) in [5, 5.41) is 13.1. The number of carbonyl (C=O) groups is 1. The van der Waals surface area contributed by atoms with Crippen LogP contribution in [0.3, 0.4) is 0 Å². The smallest absolute Gasteiger partial charge is 0.312 e. The summed E-state index contributed by atoms with van der Waals surface area (Å²) < 4.78 is 0. The van der Waals surface area contributed by atoms with E-state index in [0.29, 0.717) is 6.42 Å². The maximum atomic E-state index is 11.0. The molecular weight excluding hydrogens is 244 g/mol. The fraction of sp³-hybridized carbons (Fsp3) is 0.600. The molecule has 0 saturated carbocycles. The Bertz CT molecular complexity index is 392. The van der Waals surface area contributed by atoms with Crippen molar-refractivity contribution in [3.63, 3.8) is 0 Å². The zero-order chi connectivity index (χ0) is 11.5. The summed E-state index contributed by atoms with van der Waals surface area (Å²) in [7, 11) is 0. The molecule has 1 aliphatic rings. The number of fused-ring (bicyclic) bond motifs is 1. The number of nitrogens with one attached hydrogen (secondary N) is 1. The Morgan fingerprint density at radius 3 is 3.25 bits per heavy atom. The maximum absolute atomic E-state index is 11.0. The van der Waals surface area contributed by atoms with Gasteiger partial charge in [-0.2, -0.15) is 11.8 Å². The molecule has 1 atom stereocenters. The quantitative estimate of drug-likeness (QED) is 0.791. The molecule has 2 rings (SSSR count). The molecule has 0 saturated heterocycles. The Kier molecular flexibility index (Phi) is 3.70. The van der Waals surface area contributed by atoms with Crippen LogP contribution in [0.25, 0.3) is 0 Å². The van der Waals surface area contributed by atoms with Crippen LogP contribution in [0.4, 0.5) is 5.13 Å². The van der Waals surface area contributed by atoms with E-state index >= 15 is 0 Å². The maximum Gasteiger partial charge on any atom is 0.312 e. The first kappa shape index (κ1) is 11.7. The van der Waals surface area contributed by atoms with Gasteiger partial charge in [0.2, 0.25) is 0 Å². The molecule has 2 N–H and O–H groups in total. The van der Waals surface area contributed by atoms with Gasteiger partial charge in [0, 0.05) is 17.2 Å². The number of thiazole rings is 1. The van der Waals surface area contributed by atoms with Crippen molar-refractivity contribution in [1.82, 2.24) is 4.98 Å². The highest BCUT2D eigenvalue weighted by molar-refractivity contribution is 7.98. The minimum Gasteiger partial charge on any atom is -0.481 e. The number of aliphatic carboxylic acids is 1. The molecule has 6 heteroatoms. The number of aryl methyl sites for hydroxylation is 1. The molecule has 1 aromatic rings. The molecule has 0 fully saturated rings. The molecule has 88 valence electrons. The Hall–Kier alpha value is -0.750. The van der Waals surface area contributed by atoms with E-state index in [-0.39, 0.29) is 5.92 Å². The number of hydrogen-bond acceptors (Lipinski definition) is 5. The van der Waals surface area contributed by atoms with Crippen molar-refractivity contribution in [1.29, 1.82) is 0 Å². The third-order valence-corrected chi connectivity index (χ3v) is 4.30. The summed E-state index contributed by atoms with van der Waals surface area (Å²) in [6.07, 6.45) is 3.62. The molecule has 0 aliphatic heterocycles. The van der Waals surface area contributed by atoms with Crippen molar-refractivity contribution in [3.05, 3.63) is 10.6 Å². The van der Waals surface area contributed by atoms with Crippen molar-refractivity contribution in [3.8, 4) is 0 Å². The zero-order valence-corrected chi connectivity index (χ0v) is 10.7. The number of thioether (sulfide) groups is 1. The number of carboxylic acid groups (broad SMARTS) is 1. The Morgan fingerprint density at radius 1 is 1.75 bits per heavy atom. The molecule has 0 bridgehead atoms. The van der Waals surface area contributed by atoms with Crippen LogP contribution < -0.4 is 5.32 Å². The Labute approximate surface area is 102 Å². The molecule has 1 unspecified atom stereocenters. The molecule has 1 heterocycles. The average Bonchev–Trinajstić information content (AvgIpc) is 2.76. The van der Waals surface area contributed by atoms with E-state index in [1.54, 1.807) is 23.1 Å². The number of rotatable bonds is 5. The van der Waals surface area contributed by atoms with Gasteiger partial charge in [0.25, 0.3) is 0 Å². The third kappa shape index (κ3) is 2.32. The molecule has 1 aromatic heterocycles. The van der Waals surface area contributed by atoms with Gasteiger partial charge in [0.05, 0.1) is 5.69 Å². The van der Waals surface area contributed by atoms with Crippen LogP contribution in [0.15, 0.2) is 0 Å². The highest BCUT2D eigenvalue weighted by atomic mass is 32.2. The average molecular weight is 258 g/mol. The van der Waals surface area contributed by atoms with E-state index in [0.717, 1.165) is 34.4 Å². The monoisotopic (exact) mass is 258 g/mol. The lowest BCUT2D eigenvalue weighted by molar-refractivity contribution is -0.138. The fourth-order valence-corrected chi connectivity index (χ4v) is 3.17. The van der Waals surface area contributed by atoms with Crippen LogP contribution in [0.5, 0.6) is 0 Å². The van der Waals surface area contributed by atoms with Crippen molar-refractivity contribution >= 4 is 34.2 Å². The summed E-state index contributed by atoms with van der Waals surface area (Å²) in [5.41, 5.74) is 0.782. The van der Waals surface area contributed by atoms with Crippen LogP contribution in [0.1, 0.15) is 22.9 Å². The van der Waals surface area contributed by atoms with Crippen molar-refractivity contribution in [2.24, 2.45) is 0 Å².